The highest BCUT2D eigenvalue weighted by Gasteiger charge is 2.17. The number of aromatic nitrogens is 2. The Morgan fingerprint density at radius 1 is 1.28 bits per heavy atom. The Morgan fingerprint density at radius 3 is 2.92 bits per heavy atom. The summed E-state index contributed by atoms with van der Waals surface area (Å²) in [6, 6.07) is 6.81. The van der Waals surface area contributed by atoms with Gasteiger partial charge in [-0.15, -0.1) is 11.3 Å². The van der Waals surface area contributed by atoms with E-state index in [4.69, 9.17) is 9.72 Å². The summed E-state index contributed by atoms with van der Waals surface area (Å²) < 4.78 is 5.68. The number of fused-ring (bicyclic) bond motifs is 1. The van der Waals surface area contributed by atoms with Crippen LogP contribution in [0.1, 0.15) is 44.7 Å². The Morgan fingerprint density at radius 2 is 2.12 bits per heavy atom. The van der Waals surface area contributed by atoms with Crippen molar-refractivity contribution in [2.45, 2.75) is 52.0 Å². The standard InChI is InChI=1S/C20H25N3OS/c1-3-24-15-9-10-17-16(11-15)19(13(2)21-17)18-12-25-20(23-18)22-14-7-5-4-6-8-14/h9-12,14,21H,3-8H2,1-2H3,(H,22,23). The molecule has 0 radical (unpaired) electrons. The lowest BCUT2D eigenvalue weighted by Crippen LogP contribution is -2.21. The lowest BCUT2D eigenvalue weighted by molar-refractivity contribution is 0.341. The number of ether oxygens (including phenoxy) is 1. The summed E-state index contributed by atoms with van der Waals surface area (Å²) in [5.74, 6) is 0.908. The van der Waals surface area contributed by atoms with Crippen LogP contribution in [0.2, 0.25) is 0 Å². The molecule has 4 rings (SSSR count). The number of aryl methyl sites for hydroxylation is 1. The van der Waals surface area contributed by atoms with Gasteiger partial charge >= 0.3 is 0 Å². The normalized spacial score (nSPS) is 15.6. The summed E-state index contributed by atoms with van der Waals surface area (Å²) in [7, 11) is 0. The Bertz CT molecular complexity index is 861. The molecular formula is C20H25N3OS. The number of benzene rings is 1. The van der Waals surface area contributed by atoms with Crippen molar-refractivity contribution in [3.63, 3.8) is 0 Å². The van der Waals surface area contributed by atoms with Crippen molar-refractivity contribution in [3.8, 4) is 17.0 Å². The lowest BCUT2D eigenvalue weighted by Gasteiger charge is -2.22. The molecule has 5 heteroatoms. The Hall–Kier alpha value is -2.01. The molecule has 2 N–H and O–H groups in total. The Balaban J connectivity index is 1.64. The number of hydrogen-bond acceptors (Lipinski definition) is 4. The van der Waals surface area contributed by atoms with Crippen LogP contribution >= 0.6 is 11.3 Å². The van der Waals surface area contributed by atoms with Gasteiger partial charge in [0.1, 0.15) is 5.75 Å². The van der Waals surface area contributed by atoms with Gasteiger partial charge < -0.3 is 15.0 Å². The molecule has 0 bridgehead atoms. The second-order valence-corrected chi connectivity index (χ2v) is 7.64. The molecule has 2 heterocycles. The average Bonchev–Trinajstić information content (AvgIpc) is 3.19. The fourth-order valence-corrected chi connectivity index (χ4v) is 4.55. The van der Waals surface area contributed by atoms with Gasteiger partial charge in [0.15, 0.2) is 5.13 Å². The lowest BCUT2D eigenvalue weighted by atomic mass is 9.96. The van der Waals surface area contributed by atoms with Crippen LogP contribution in [0.15, 0.2) is 23.6 Å². The second-order valence-electron chi connectivity index (χ2n) is 6.78. The first-order valence-electron chi connectivity index (χ1n) is 9.22. The smallest absolute Gasteiger partial charge is 0.183 e. The van der Waals surface area contributed by atoms with Crippen molar-refractivity contribution in [2.75, 3.05) is 11.9 Å². The number of anilines is 1. The average molecular weight is 356 g/mol. The van der Waals surface area contributed by atoms with Gasteiger partial charge in [-0.3, -0.25) is 0 Å². The quantitative estimate of drug-likeness (QED) is 0.613. The van der Waals surface area contributed by atoms with Crippen LogP contribution in [0, 0.1) is 6.92 Å². The van der Waals surface area contributed by atoms with Crippen LogP contribution < -0.4 is 10.1 Å². The minimum absolute atomic E-state index is 0.585. The summed E-state index contributed by atoms with van der Waals surface area (Å²) in [4.78, 5) is 8.35. The molecule has 1 aliphatic rings. The highest BCUT2D eigenvalue weighted by atomic mass is 32.1. The first-order chi connectivity index (χ1) is 12.2. The van der Waals surface area contributed by atoms with Crippen molar-refractivity contribution >= 4 is 27.4 Å². The van der Waals surface area contributed by atoms with E-state index in [0.29, 0.717) is 12.6 Å². The number of rotatable bonds is 5. The molecule has 1 fully saturated rings. The Kier molecular flexibility index (Phi) is 4.66. The van der Waals surface area contributed by atoms with E-state index in [9.17, 15) is 0 Å². The molecular weight excluding hydrogens is 330 g/mol. The van der Waals surface area contributed by atoms with Crippen molar-refractivity contribution in [3.05, 3.63) is 29.3 Å². The molecule has 25 heavy (non-hydrogen) atoms. The van der Waals surface area contributed by atoms with E-state index in [-0.39, 0.29) is 0 Å². The number of thiazole rings is 1. The van der Waals surface area contributed by atoms with Crippen molar-refractivity contribution < 1.29 is 4.74 Å². The van der Waals surface area contributed by atoms with Crippen molar-refractivity contribution in [1.29, 1.82) is 0 Å². The summed E-state index contributed by atoms with van der Waals surface area (Å²) in [5.41, 5.74) is 4.51. The molecule has 0 amide bonds. The fourth-order valence-electron chi connectivity index (χ4n) is 3.77. The first kappa shape index (κ1) is 16.5. The molecule has 1 saturated carbocycles. The summed E-state index contributed by atoms with van der Waals surface area (Å²) in [5, 5.41) is 8.01. The zero-order valence-electron chi connectivity index (χ0n) is 14.9. The Labute approximate surface area is 152 Å². The zero-order valence-corrected chi connectivity index (χ0v) is 15.7. The van der Waals surface area contributed by atoms with Crippen LogP contribution in [0.5, 0.6) is 5.75 Å². The highest BCUT2D eigenvalue weighted by Crippen LogP contribution is 2.36. The molecule has 0 unspecified atom stereocenters. The summed E-state index contributed by atoms with van der Waals surface area (Å²) >= 11 is 1.71. The van der Waals surface area contributed by atoms with Gasteiger partial charge in [-0.25, -0.2) is 4.98 Å². The maximum absolute atomic E-state index is 5.68. The first-order valence-corrected chi connectivity index (χ1v) is 10.1. The van der Waals surface area contributed by atoms with E-state index in [2.05, 4.69) is 34.7 Å². The predicted octanol–water partition coefficient (Wildman–Crippen LogP) is 5.74. The van der Waals surface area contributed by atoms with E-state index in [1.165, 1.54) is 43.1 Å². The van der Waals surface area contributed by atoms with Gasteiger partial charge in [0, 0.05) is 33.6 Å². The van der Waals surface area contributed by atoms with E-state index in [0.717, 1.165) is 27.8 Å². The minimum Gasteiger partial charge on any atom is -0.494 e. The molecule has 0 atom stereocenters. The predicted molar refractivity (Wildman–Crippen MR) is 106 cm³/mol. The van der Waals surface area contributed by atoms with Crippen molar-refractivity contribution in [2.24, 2.45) is 0 Å². The van der Waals surface area contributed by atoms with Crippen LogP contribution in [0.3, 0.4) is 0 Å². The number of aromatic amines is 1. The van der Waals surface area contributed by atoms with Gasteiger partial charge in [0.05, 0.1) is 12.3 Å². The topological polar surface area (TPSA) is 49.9 Å². The van der Waals surface area contributed by atoms with Gasteiger partial charge in [0.2, 0.25) is 0 Å². The molecule has 0 aliphatic heterocycles. The number of nitrogens with one attached hydrogen (secondary N) is 2. The maximum Gasteiger partial charge on any atom is 0.183 e. The van der Waals surface area contributed by atoms with Gasteiger partial charge in [0.25, 0.3) is 0 Å². The molecule has 1 aromatic carbocycles. The molecule has 0 saturated heterocycles. The fraction of sp³-hybridized carbons (Fsp3) is 0.450. The number of nitrogens with zero attached hydrogens (tertiary/aromatic N) is 1. The molecule has 4 nitrogen and oxygen atoms in total. The van der Waals surface area contributed by atoms with E-state index in [1.807, 2.05) is 13.0 Å². The summed E-state index contributed by atoms with van der Waals surface area (Å²) in [6.07, 6.45) is 6.56. The zero-order chi connectivity index (χ0) is 17.2. The third-order valence-corrected chi connectivity index (χ3v) is 5.74. The SMILES string of the molecule is CCOc1ccc2[nH]c(C)c(-c3csc(NC4CCCCC4)n3)c2c1. The van der Waals surface area contributed by atoms with Crippen LogP contribution in [-0.4, -0.2) is 22.6 Å². The van der Waals surface area contributed by atoms with Gasteiger partial charge in [-0.1, -0.05) is 19.3 Å². The molecule has 2 aromatic heterocycles. The van der Waals surface area contributed by atoms with Crippen LogP contribution in [0.4, 0.5) is 5.13 Å². The third-order valence-electron chi connectivity index (χ3n) is 4.96. The van der Waals surface area contributed by atoms with Crippen LogP contribution in [0.25, 0.3) is 22.2 Å². The number of H-pyrrole nitrogens is 1. The maximum atomic E-state index is 5.68. The van der Waals surface area contributed by atoms with Gasteiger partial charge in [-0.05, 0) is 44.9 Å². The monoisotopic (exact) mass is 355 g/mol. The summed E-state index contributed by atoms with van der Waals surface area (Å²) in [6.45, 7) is 4.80. The highest BCUT2D eigenvalue weighted by molar-refractivity contribution is 7.14. The third kappa shape index (κ3) is 3.38. The molecule has 132 valence electrons. The molecule has 1 aliphatic carbocycles. The molecule has 0 spiro atoms. The molecule has 3 aromatic rings. The largest absolute Gasteiger partial charge is 0.494 e. The number of hydrogen-bond donors (Lipinski definition) is 2. The van der Waals surface area contributed by atoms with Crippen molar-refractivity contribution in [1.82, 2.24) is 9.97 Å². The van der Waals surface area contributed by atoms with E-state index < -0.39 is 0 Å². The van der Waals surface area contributed by atoms with Gasteiger partial charge in [-0.2, -0.15) is 0 Å². The van der Waals surface area contributed by atoms with E-state index in [1.54, 1.807) is 11.3 Å². The minimum atomic E-state index is 0.585. The van der Waals surface area contributed by atoms with Crippen LogP contribution in [-0.2, 0) is 0 Å². The second kappa shape index (κ2) is 7.08. The van der Waals surface area contributed by atoms with E-state index >= 15 is 0 Å².